The first-order chi connectivity index (χ1) is 8.68. The second-order valence-electron chi connectivity index (χ2n) is 4.87. The molecule has 2 unspecified atom stereocenters. The Morgan fingerprint density at radius 3 is 2.83 bits per heavy atom. The molecule has 4 nitrogen and oxygen atoms in total. The highest BCUT2D eigenvalue weighted by Crippen LogP contribution is 2.16. The van der Waals surface area contributed by atoms with Crippen molar-refractivity contribution < 1.29 is 4.79 Å². The number of amides is 1. The van der Waals surface area contributed by atoms with Crippen LogP contribution in [-0.2, 0) is 4.79 Å². The zero-order valence-electron chi connectivity index (χ0n) is 10.8. The SMILES string of the molecule is CN(C(=O)CC(N)c1ccccc1)C1CCNC1. The average Bonchev–Trinajstić information content (AvgIpc) is 2.92. The van der Waals surface area contributed by atoms with Gasteiger partial charge >= 0.3 is 0 Å². The van der Waals surface area contributed by atoms with Gasteiger partial charge in [0, 0.05) is 32.1 Å². The van der Waals surface area contributed by atoms with E-state index in [-0.39, 0.29) is 11.9 Å². The van der Waals surface area contributed by atoms with Crippen LogP contribution in [0.5, 0.6) is 0 Å². The van der Waals surface area contributed by atoms with Gasteiger partial charge in [0.1, 0.15) is 0 Å². The molecule has 2 rings (SSSR count). The van der Waals surface area contributed by atoms with Crippen LogP contribution in [0.25, 0.3) is 0 Å². The largest absolute Gasteiger partial charge is 0.341 e. The lowest BCUT2D eigenvalue weighted by Crippen LogP contribution is -2.39. The van der Waals surface area contributed by atoms with E-state index in [1.165, 1.54) is 0 Å². The topological polar surface area (TPSA) is 58.4 Å². The lowest BCUT2D eigenvalue weighted by Gasteiger charge is -2.25. The standard InChI is InChI=1S/C14H21N3O/c1-17(12-7-8-16-10-12)14(18)9-13(15)11-5-3-2-4-6-11/h2-6,12-13,16H,7-10,15H2,1H3. The van der Waals surface area contributed by atoms with Crippen molar-refractivity contribution in [2.45, 2.75) is 24.9 Å². The smallest absolute Gasteiger partial charge is 0.224 e. The molecule has 1 saturated heterocycles. The minimum absolute atomic E-state index is 0.125. The summed E-state index contributed by atoms with van der Waals surface area (Å²) in [5, 5.41) is 3.27. The molecule has 0 saturated carbocycles. The number of nitrogens with zero attached hydrogens (tertiary/aromatic N) is 1. The highest BCUT2D eigenvalue weighted by atomic mass is 16.2. The van der Waals surface area contributed by atoms with Gasteiger partial charge in [0.25, 0.3) is 0 Å². The third kappa shape index (κ3) is 3.09. The van der Waals surface area contributed by atoms with Gasteiger partial charge in [0.05, 0.1) is 0 Å². The fourth-order valence-electron chi connectivity index (χ4n) is 2.32. The van der Waals surface area contributed by atoms with Gasteiger partial charge in [-0.05, 0) is 18.5 Å². The molecule has 1 aliphatic heterocycles. The van der Waals surface area contributed by atoms with Crippen LogP contribution in [0, 0.1) is 0 Å². The van der Waals surface area contributed by atoms with Crippen molar-refractivity contribution in [3.63, 3.8) is 0 Å². The van der Waals surface area contributed by atoms with Crippen LogP contribution < -0.4 is 11.1 Å². The minimum Gasteiger partial charge on any atom is -0.341 e. The highest BCUT2D eigenvalue weighted by molar-refractivity contribution is 5.77. The molecular formula is C14H21N3O. The van der Waals surface area contributed by atoms with Gasteiger partial charge in [0.15, 0.2) is 0 Å². The van der Waals surface area contributed by atoms with Gasteiger partial charge < -0.3 is 16.0 Å². The molecule has 1 aromatic rings. The van der Waals surface area contributed by atoms with Gasteiger partial charge in [-0.25, -0.2) is 0 Å². The summed E-state index contributed by atoms with van der Waals surface area (Å²) in [5.41, 5.74) is 7.09. The molecule has 4 heteroatoms. The maximum atomic E-state index is 12.1. The Balaban J connectivity index is 1.90. The first-order valence-electron chi connectivity index (χ1n) is 6.45. The molecule has 0 aromatic heterocycles. The summed E-state index contributed by atoms with van der Waals surface area (Å²) in [7, 11) is 1.87. The van der Waals surface area contributed by atoms with Crippen LogP contribution in [0.1, 0.15) is 24.4 Å². The van der Waals surface area contributed by atoms with Crippen LogP contribution in [0.15, 0.2) is 30.3 Å². The summed E-state index contributed by atoms with van der Waals surface area (Å²) in [6, 6.07) is 9.89. The summed E-state index contributed by atoms with van der Waals surface area (Å²) in [4.78, 5) is 14.0. The number of carbonyl (C=O) groups excluding carboxylic acids is 1. The molecule has 1 heterocycles. The van der Waals surface area contributed by atoms with Crippen molar-refractivity contribution in [1.82, 2.24) is 10.2 Å². The Morgan fingerprint density at radius 1 is 1.50 bits per heavy atom. The van der Waals surface area contributed by atoms with Crippen molar-refractivity contribution in [2.24, 2.45) is 5.73 Å². The third-order valence-corrected chi connectivity index (χ3v) is 3.60. The molecule has 0 radical (unpaired) electrons. The number of nitrogens with two attached hydrogens (primary N) is 1. The summed E-state index contributed by atoms with van der Waals surface area (Å²) < 4.78 is 0. The second-order valence-corrected chi connectivity index (χ2v) is 4.87. The lowest BCUT2D eigenvalue weighted by atomic mass is 10.0. The Morgan fingerprint density at radius 2 is 2.22 bits per heavy atom. The number of benzene rings is 1. The molecule has 1 amide bonds. The second kappa shape index (κ2) is 5.98. The number of nitrogens with one attached hydrogen (secondary N) is 1. The first-order valence-corrected chi connectivity index (χ1v) is 6.45. The summed E-state index contributed by atoms with van der Waals surface area (Å²) in [6.07, 6.45) is 1.40. The maximum absolute atomic E-state index is 12.1. The summed E-state index contributed by atoms with van der Waals surface area (Å²) in [6.45, 7) is 1.88. The number of hydrogen-bond donors (Lipinski definition) is 2. The van der Waals surface area contributed by atoms with E-state index in [9.17, 15) is 4.79 Å². The van der Waals surface area contributed by atoms with Crippen LogP contribution in [0.2, 0.25) is 0 Å². The van der Waals surface area contributed by atoms with E-state index >= 15 is 0 Å². The zero-order valence-corrected chi connectivity index (χ0v) is 10.8. The van der Waals surface area contributed by atoms with Crippen molar-refractivity contribution in [3.8, 4) is 0 Å². The highest BCUT2D eigenvalue weighted by Gasteiger charge is 2.24. The van der Waals surface area contributed by atoms with Gasteiger partial charge in [-0.3, -0.25) is 4.79 Å². The van der Waals surface area contributed by atoms with E-state index in [1.54, 1.807) is 0 Å². The van der Waals surface area contributed by atoms with E-state index in [1.807, 2.05) is 42.3 Å². The van der Waals surface area contributed by atoms with E-state index < -0.39 is 0 Å². The minimum atomic E-state index is -0.212. The number of rotatable bonds is 4. The van der Waals surface area contributed by atoms with Crippen molar-refractivity contribution >= 4 is 5.91 Å². The van der Waals surface area contributed by atoms with Gasteiger partial charge in [0.2, 0.25) is 5.91 Å². The van der Waals surface area contributed by atoms with E-state index in [4.69, 9.17) is 5.73 Å². The van der Waals surface area contributed by atoms with E-state index in [0.29, 0.717) is 12.5 Å². The van der Waals surface area contributed by atoms with E-state index in [0.717, 1.165) is 25.1 Å². The van der Waals surface area contributed by atoms with Crippen molar-refractivity contribution in [3.05, 3.63) is 35.9 Å². The summed E-state index contributed by atoms with van der Waals surface area (Å²) in [5.74, 6) is 0.125. The normalized spacial score (nSPS) is 20.7. The maximum Gasteiger partial charge on any atom is 0.224 e. The lowest BCUT2D eigenvalue weighted by molar-refractivity contribution is -0.132. The Labute approximate surface area is 108 Å². The van der Waals surface area contributed by atoms with Crippen molar-refractivity contribution in [2.75, 3.05) is 20.1 Å². The first kappa shape index (κ1) is 13.1. The Bertz CT molecular complexity index is 387. The molecule has 18 heavy (non-hydrogen) atoms. The Hall–Kier alpha value is -1.39. The molecule has 3 N–H and O–H groups in total. The molecule has 0 spiro atoms. The molecule has 98 valence electrons. The fraction of sp³-hybridized carbons (Fsp3) is 0.500. The van der Waals surface area contributed by atoms with Crippen LogP contribution in [0.4, 0.5) is 0 Å². The van der Waals surface area contributed by atoms with Crippen molar-refractivity contribution in [1.29, 1.82) is 0 Å². The van der Waals surface area contributed by atoms with E-state index in [2.05, 4.69) is 5.32 Å². The monoisotopic (exact) mass is 247 g/mol. The van der Waals surface area contributed by atoms with Gasteiger partial charge in [-0.15, -0.1) is 0 Å². The Kier molecular flexibility index (Phi) is 4.33. The fourth-order valence-corrected chi connectivity index (χ4v) is 2.32. The zero-order chi connectivity index (χ0) is 13.0. The van der Waals surface area contributed by atoms with Crippen LogP contribution in [-0.4, -0.2) is 37.0 Å². The number of carbonyl (C=O) groups is 1. The molecular weight excluding hydrogens is 226 g/mol. The quantitative estimate of drug-likeness (QED) is 0.831. The molecule has 1 fully saturated rings. The van der Waals surface area contributed by atoms with Gasteiger partial charge in [-0.1, -0.05) is 30.3 Å². The molecule has 0 bridgehead atoms. The predicted molar refractivity (Wildman–Crippen MR) is 72.0 cm³/mol. The third-order valence-electron chi connectivity index (χ3n) is 3.60. The van der Waals surface area contributed by atoms with Gasteiger partial charge in [-0.2, -0.15) is 0 Å². The molecule has 2 atom stereocenters. The number of likely N-dealkylation sites (N-methyl/N-ethyl adjacent to an activating group) is 1. The predicted octanol–water partition coefficient (Wildman–Crippen LogP) is 0.897. The summed E-state index contributed by atoms with van der Waals surface area (Å²) >= 11 is 0. The molecule has 1 aliphatic rings. The van der Waals surface area contributed by atoms with Crippen LogP contribution >= 0.6 is 0 Å². The molecule has 1 aromatic carbocycles. The average molecular weight is 247 g/mol. The number of hydrogen-bond acceptors (Lipinski definition) is 3. The molecule has 0 aliphatic carbocycles. The van der Waals surface area contributed by atoms with Crippen LogP contribution in [0.3, 0.4) is 0 Å².